The molecule has 0 aliphatic carbocycles. The molecule has 0 atom stereocenters. The van der Waals surface area contributed by atoms with E-state index in [1.165, 1.54) is 6.26 Å². The summed E-state index contributed by atoms with van der Waals surface area (Å²) in [5.74, 6) is 5.78. The van der Waals surface area contributed by atoms with Crippen molar-refractivity contribution in [2.75, 3.05) is 0 Å². The van der Waals surface area contributed by atoms with Crippen LogP contribution in [0.25, 0.3) is 11.0 Å². The van der Waals surface area contributed by atoms with Gasteiger partial charge in [0.2, 0.25) is 5.43 Å². The number of benzene rings is 2. The van der Waals surface area contributed by atoms with Crippen LogP contribution in [0.2, 0.25) is 5.02 Å². The van der Waals surface area contributed by atoms with E-state index >= 15 is 0 Å². The van der Waals surface area contributed by atoms with E-state index in [1.54, 1.807) is 18.2 Å². The highest BCUT2D eigenvalue weighted by Gasteiger charge is 2.05. The van der Waals surface area contributed by atoms with E-state index in [4.69, 9.17) is 16.0 Å². The summed E-state index contributed by atoms with van der Waals surface area (Å²) in [6.45, 7) is 0. The van der Waals surface area contributed by atoms with Crippen molar-refractivity contribution < 1.29 is 4.42 Å². The molecule has 0 amide bonds. The van der Waals surface area contributed by atoms with Crippen LogP contribution in [-0.2, 0) is 0 Å². The maximum absolute atomic E-state index is 12.3. The van der Waals surface area contributed by atoms with Crippen molar-refractivity contribution in [1.82, 2.24) is 0 Å². The molecule has 0 bridgehead atoms. The summed E-state index contributed by atoms with van der Waals surface area (Å²) in [7, 11) is 0. The Labute approximate surface area is 120 Å². The maximum Gasteiger partial charge on any atom is 0.208 e. The second kappa shape index (κ2) is 5.24. The van der Waals surface area contributed by atoms with Crippen molar-refractivity contribution >= 4 is 22.6 Å². The lowest BCUT2D eigenvalue weighted by Gasteiger charge is -1.97. The largest absolute Gasteiger partial charge is 0.463 e. The quantitative estimate of drug-likeness (QED) is 0.586. The minimum Gasteiger partial charge on any atom is -0.463 e. The van der Waals surface area contributed by atoms with Crippen LogP contribution in [0.1, 0.15) is 11.1 Å². The molecule has 96 valence electrons. The molecule has 0 radical (unpaired) electrons. The van der Waals surface area contributed by atoms with Gasteiger partial charge >= 0.3 is 0 Å². The average molecular weight is 281 g/mol. The molecule has 0 aliphatic heterocycles. The van der Waals surface area contributed by atoms with Gasteiger partial charge in [-0.05, 0) is 30.3 Å². The van der Waals surface area contributed by atoms with Crippen molar-refractivity contribution in [2.45, 2.75) is 0 Å². The highest BCUT2D eigenvalue weighted by Crippen LogP contribution is 2.16. The van der Waals surface area contributed by atoms with Crippen LogP contribution in [0.4, 0.5) is 0 Å². The highest BCUT2D eigenvalue weighted by molar-refractivity contribution is 6.31. The summed E-state index contributed by atoms with van der Waals surface area (Å²) in [6, 6.07) is 14.4. The van der Waals surface area contributed by atoms with Crippen molar-refractivity contribution in [3.05, 3.63) is 81.2 Å². The van der Waals surface area contributed by atoms with Crippen LogP contribution in [-0.4, -0.2) is 0 Å². The van der Waals surface area contributed by atoms with Crippen molar-refractivity contribution in [3.63, 3.8) is 0 Å². The molecule has 3 rings (SSSR count). The second-order valence-corrected chi connectivity index (χ2v) is 4.67. The molecule has 0 saturated carbocycles. The van der Waals surface area contributed by atoms with Gasteiger partial charge in [-0.3, -0.25) is 4.79 Å². The number of hydrogen-bond acceptors (Lipinski definition) is 2. The van der Waals surface area contributed by atoms with Crippen LogP contribution < -0.4 is 5.43 Å². The van der Waals surface area contributed by atoms with Gasteiger partial charge in [0.25, 0.3) is 0 Å². The van der Waals surface area contributed by atoms with Gasteiger partial charge in [0, 0.05) is 10.6 Å². The molecule has 2 nitrogen and oxygen atoms in total. The zero-order valence-corrected chi connectivity index (χ0v) is 11.1. The molecule has 3 heteroatoms. The van der Waals surface area contributed by atoms with E-state index < -0.39 is 0 Å². The third-order valence-corrected chi connectivity index (χ3v) is 3.08. The molecule has 20 heavy (non-hydrogen) atoms. The predicted molar refractivity (Wildman–Crippen MR) is 79.9 cm³/mol. The van der Waals surface area contributed by atoms with Gasteiger partial charge < -0.3 is 4.42 Å². The van der Waals surface area contributed by atoms with Crippen molar-refractivity contribution in [1.29, 1.82) is 0 Å². The lowest BCUT2D eigenvalue weighted by molar-refractivity contribution is 0.600. The molecule has 0 unspecified atom stereocenters. The van der Waals surface area contributed by atoms with Gasteiger partial charge in [-0.2, -0.15) is 0 Å². The third-order valence-electron chi connectivity index (χ3n) is 2.85. The number of rotatable bonds is 0. The normalized spacial score (nSPS) is 10.1. The lowest BCUT2D eigenvalue weighted by Crippen LogP contribution is -2.05. The fourth-order valence-electron chi connectivity index (χ4n) is 1.85. The van der Waals surface area contributed by atoms with Gasteiger partial charge in [0.05, 0.1) is 5.39 Å². The molecule has 0 N–H and O–H groups in total. The van der Waals surface area contributed by atoms with Gasteiger partial charge in [0.1, 0.15) is 17.4 Å². The minimum atomic E-state index is -0.169. The van der Waals surface area contributed by atoms with E-state index in [0.717, 1.165) is 5.56 Å². The van der Waals surface area contributed by atoms with Gasteiger partial charge in [-0.1, -0.05) is 41.6 Å². The van der Waals surface area contributed by atoms with Crippen LogP contribution in [0.3, 0.4) is 0 Å². The summed E-state index contributed by atoms with van der Waals surface area (Å²) in [5.41, 5.74) is 1.50. The van der Waals surface area contributed by atoms with E-state index in [2.05, 4.69) is 11.8 Å². The topological polar surface area (TPSA) is 30.2 Å². The summed E-state index contributed by atoms with van der Waals surface area (Å²) in [4.78, 5) is 12.3. The Hall–Kier alpha value is -2.50. The average Bonchev–Trinajstić information content (AvgIpc) is 2.48. The minimum absolute atomic E-state index is 0.169. The first kappa shape index (κ1) is 12.5. The Morgan fingerprint density at radius 1 is 1.00 bits per heavy atom. The van der Waals surface area contributed by atoms with Crippen LogP contribution in [0.15, 0.2) is 64.0 Å². The summed E-state index contributed by atoms with van der Waals surface area (Å²) in [6.07, 6.45) is 1.38. The van der Waals surface area contributed by atoms with Crippen LogP contribution in [0.5, 0.6) is 0 Å². The molecule has 0 aliphatic rings. The zero-order chi connectivity index (χ0) is 13.9. The fraction of sp³-hybridized carbons (Fsp3) is 0. The molecule has 0 fully saturated rings. The second-order valence-electron chi connectivity index (χ2n) is 4.24. The first-order valence-electron chi connectivity index (χ1n) is 6.02. The van der Waals surface area contributed by atoms with E-state index in [1.807, 2.05) is 30.3 Å². The molecule has 2 aromatic carbocycles. The fourth-order valence-corrected chi connectivity index (χ4v) is 2.02. The number of hydrogen-bond donors (Lipinski definition) is 0. The molecule has 1 heterocycles. The van der Waals surface area contributed by atoms with Crippen molar-refractivity contribution in [3.8, 4) is 11.8 Å². The molecular formula is C17H9ClO2. The molecule has 0 spiro atoms. The Kier molecular flexibility index (Phi) is 3.28. The Morgan fingerprint density at radius 2 is 1.80 bits per heavy atom. The first-order valence-corrected chi connectivity index (χ1v) is 6.40. The standard InChI is InChI=1S/C17H9ClO2/c18-14-8-9-16-15(10-14)17(19)13(11-20-16)7-6-12-4-2-1-3-5-12/h1-5,8-11H. The van der Waals surface area contributed by atoms with E-state index in [9.17, 15) is 4.79 Å². The molecule has 0 saturated heterocycles. The summed E-state index contributed by atoms with van der Waals surface area (Å²) in [5, 5.41) is 0.940. The smallest absolute Gasteiger partial charge is 0.208 e. The summed E-state index contributed by atoms with van der Waals surface area (Å²) >= 11 is 5.90. The molecule has 1 aromatic heterocycles. The predicted octanol–water partition coefficient (Wildman–Crippen LogP) is 3.85. The van der Waals surface area contributed by atoms with Gasteiger partial charge in [0.15, 0.2) is 0 Å². The SMILES string of the molecule is O=c1c(C#Cc2ccccc2)coc2ccc(Cl)cc12. The Bertz CT molecular complexity index is 883. The monoisotopic (exact) mass is 280 g/mol. The maximum atomic E-state index is 12.3. The Morgan fingerprint density at radius 3 is 2.60 bits per heavy atom. The zero-order valence-electron chi connectivity index (χ0n) is 10.4. The first-order chi connectivity index (χ1) is 9.74. The number of halogens is 1. The van der Waals surface area contributed by atoms with Gasteiger partial charge in [-0.15, -0.1) is 0 Å². The van der Waals surface area contributed by atoms with E-state index in [0.29, 0.717) is 21.6 Å². The lowest BCUT2D eigenvalue weighted by atomic mass is 10.1. The summed E-state index contributed by atoms with van der Waals surface area (Å²) < 4.78 is 5.41. The highest BCUT2D eigenvalue weighted by atomic mass is 35.5. The van der Waals surface area contributed by atoms with Crippen LogP contribution in [0, 0.1) is 11.8 Å². The van der Waals surface area contributed by atoms with Crippen molar-refractivity contribution in [2.24, 2.45) is 0 Å². The molecule has 3 aromatic rings. The number of fused-ring (bicyclic) bond motifs is 1. The van der Waals surface area contributed by atoms with Gasteiger partial charge in [-0.25, -0.2) is 0 Å². The molecular weight excluding hydrogens is 272 g/mol. The van der Waals surface area contributed by atoms with Crippen LogP contribution >= 0.6 is 11.6 Å². The van der Waals surface area contributed by atoms with E-state index in [-0.39, 0.29) is 5.43 Å². The third kappa shape index (κ3) is 2.45. The Balaban J connectivity index is 2.12.